The lowest BCUT2D eigenvalue weighted by atomic mass is 9.88. The minimum absolute atomic E-state index is 0.0109. The molecule has 2 aliphatic rings. The first-order valence-corrected chi connectivity index (χ1v) is 11.6. The Kier molecular flexibility index (Phi) is 7.10. The number of amides is 1. The SMILES string of the molecule is CN(C)C(=O)c1ccc2c(c1)CCO[C@H]2CCN1CCC(c2ccc(C(F)(F)F)cc2)CC1. The fourth-order valence-corrected chi connectivity index (χ4v) is 4.90. The van der Waals surface area contributed by atoms with Gasteiger partial charge in [0.15, 0.2) is 0 Å². The zero-order chi connectivity index (χ0) is 23.6. The molecule has 0 radical (unpaired) electrons. The fourth-order valence-electron chi connectivity index (χ4n) is 4.90. The van der Waals surface area contributed by atoms with E-state index in [0.717, 1.165) is 50.9 Å². The van der Waals surface area contributed by atoms with Crippen LogP contribution in [0.3, 0.4) is 0 Å². The average molecular weight is 461 g/mol. The zero-order valence-electron chi connectivity index (χ0n) is 19.2. The molecule has 2 aromatic rings. The third-order valence-electron chi connectivity index (χ3n) is 6.84. The number of benzene rings is 2. The van der Waals surface area contributed by atoms with Crippen LogP contribution in [0.25, 0.3) is 0 Å². The van der Waals surface area contributed by atoms with Crippen molar-refractivity contribution in [1.29, 1.82) is 0 Å². The molecular formula is C26H31F3N2O2. The van der Waals surface area contributed by atoms with Crippen LogP contribution >= 0.6 is 0 Å². The number of fused-ring (bicyclic) bond motifs is 1. The van der Waals surface area contributed by atoms with E-state index in [2.05, 4.69) is 4.90 Å². The van der Waals surface area contributed by atoms with Crippen molar-refractivity contribution < 1.29 is 22.7 Å². The average Bonchev–Trinajstić information content (AvgIpc) is 2.81. The topological polar surface area (TPSA) is 32.8 Å². The highest BCUT2D eigenvalue weighted by Crippen LogP contribution is 2.34. The van der Waals surface area contributed by atoms with E-state index >= 15 is 0 Å². The number of nitrogens with zero attached hydrogens (tertiary/aromatic N) is 2. The second kappa shape index (κ2) is 9.85. The number of hydrogen-bond donors (Lipinski definition) is 0. The smallest absolute Gasteiger partial charge is 0.373 e. The van der Waals surface area contributed by atoms with Crippen molar-refractivity contribution in [3.05, 3.63) is 70.3 Å². The summed E-state index contributed by atoms with van der Waals surface area (Å²) in [4.78, 5) is 16.3. The van der Waals surface area contributed by atoms with Gasteiger partial charge in [-0.15, -0.1) is 0 Å². The van der Waals surface area contributed by atoms with Crippen molar-refractivity contribution in [2.24, 2.45) is 0 Å². The van der Waals surface area contributed by atoms with E-state index in [4.69, 9.17) is 4.74 Å². The maximum absolute atomic E-state index is 12.8. The molecule has 2 aliphatic heterocycles. The second-order valence-electron chi connectivity index (χ2n) is 9.25. The van der Waals surface area contributed by atoms with Crippen LogP contribution in [0.4, 0.5) is 13.2 Å². The number of alkyl halides is 3. The van der Waals surface area contributed by atoms with E-state index in [9.17, 15) is 18.0 Å². The molecule has 0 N–H and O–H groups in total. The first-order valence-electron chi connectivity index (χ1n) is 11.6. The van der Waals surface area contributed by atoms with E-state index in [-0.39, 0.29) is 12.0 Å². The molecule has 1 fully saturated rings. The van der Waals surface area contributed by atoms with Gasteiger partial charge in [-0.1, -0.05) is 18.2 Å². The lowest BCUT2D eigenvalue weighted by molar-refractivity contribution is -0.137. The molecule has 33 heavy (non-hydrogen) atoms. The van der Waals surface area contributed by atoms with Crippen molar-refractivity contribution in [1.82, 2.24) is 9.80 Å². The maximum Gasteiger partial charge on any atom is 0.416 e. The predicted octanol–water partition coefficient (Wildman–Crippen LogP) is 5.29. The molecule has 2 heterocycles. The van der Waals surface area contributed by atoms with Crippen molar-refractivity contribution in [3.63, 3.8) is 0 Å². The van der Waals surface area contributed by atoms with E-state index in [1.807, 2.05) is 18.2 Å². The van der Waals surface area contributed by atoms with Crippen LogP contribution in [-0.4, -0.2) is 56.0 Å². The Morgan fingerprint density at radius 3 is 2.42 bits per heavy atom. The highest BCUT2D eigenvalue weighted by atomic mass is 19.4. The second-order valence-corrected chi connectivity index (χ2v) is 9.25. The lowest BCUT2D eigenvalue weighted by Crippen LogP contribution is -2.35. The van der Waals surface area contributed by atoms with Crippen LogP contribution in [0.2, 0.25) is 0 Å². The van der Waals surface area contributed by atoms with Gasteiger partial charge in [0.05, 0.1) is 18.3 Å². The van der Waals surface area contributed by atoms with Gasteiger partial charge in [0, 0.05) is 26.2 Å². The van der Waals surface area contributed by atoms with Crippen molar-refractivity contribution in [2.75, 3.05) is 40.3 Å². The summed E-state index contributed by atoms with van der Waals surface area (Å²) in [7, 11) is 3.52. The van der Waals surface area contributed by atoms with Gasteiger partial charge in [0.2, 0.25) is 0 Å². The van der Waals surface area contributed by atoms with Crippen LogP contribution in [0, 0.1) is 0 Å². The molecule has 2 aromatic carbocycles. The molecular weight excluding hydrogens is 429 g/mol. The van der Waals surface area contributed by atoms with Crippen LogP contribution in [0.5, 0.6) is 0 Å². The number of rotatable bonds is 5. The van der Waals surface area contributed by atoms with Gasteiger partial charge < -0.3 is 14.5 Å². The number of hydrogen-bond acceptors (Lipinski definition) is 3. The number of halogens is 3. The number of piperidine rings is 1. The highest BCUT2D eigenvalue weighted by molar-refractivity contribution is 5.94. The lowest BCUT2D eigenvalue weighted by Gasteiger charge is -2.34. The molecule has 1 amide bonds. The monoisotopic (exact) mass is 460 g/mol. The van der Waals surface area contributed by atoms with Gasteiger partial charge in [-0.3, -0.25) is 4.79 Å². The third-order valence-corrected chi connectivity index (χ3v) is 6.84. The summed E-state index contributed by atoms with van der Waals surface area (Å²) in [6.45, 7) is 3.44. The molecule has 4 rings (SSSR count). The predicted molar refractivity (Wildman–Crippen MR) is 121 cm³/mol. The summed E-state index contributed by atoms with van der Waals surface area (Å²) in [5, 5.41) is 0. The van der Waals surface area contributed by atoms with Crippen molar-refractivity contribution in [3.8, 4) is 0 Å². The molecule has 0 aromatic heterocycles. The molecule has 0 bridgehead atoms. The fraction of sp³-hybridized carbons (Fsp3) is 0.500. The van der Waals surface area contributed by atoms with E-state index < -0.39 is 11.7 Å². The van der Waals surface area contributed by atoms with E-state index in [1.165, 1.54) is 23.3 Å². The number of likely N-dealkylation sites (tertiary alicyclic amines) is 1. The molecule has 0 spiro atoms. The van der Waals surface area contributed by atoms with Gasteiger partial charge >= 0.3 is 6.18 Å². The summed E-state index contributed by atoms with van der Waals surface area (Å²) in [6, 6.07) is 11.6. The van der Waals surface area contributed by atoms with Gasteiger partial charge in [0.1, 0.15) is 0 Å². The van der Waals surface area contributed by atoms with Crippen LogP contribution in [-0.2, 0) is 17.3 Å². The molecule has 7 heteroatoms. The van der Waals surface area contributed by atoms with Crippen LogP contribution < -0.4 is 0 Å². The standard InChI is InChI=1S/C26H31F3N2O2/c1-30(2)25(32)21-5-8-23-20(17-21)12-16-33-24(23)11-15-31-13-9-19(10-14-31)18-3-6-22(7-4-18)26(27,28)29/h3-8,17,19,24H,9-16H2,1-2H3/t24-/m0/s1. The zero-order valence-corrected chi connectivity index (χ0v) is 19.2. The van der Waals surface area contributed by atoms with Gasteiger partial charge in [0.25, 0.3) is 5.91 Å². The summed E-state index contributed by atoms with van der Waals surface area (Å²) in [5.41, 5.74) is 3.49. The van der Waals surface area contributed by atoms with Crippen LogP contribution in [0.1, 0.15) is 63.9 Å². The largest absolute Gasteiger partial charge is 0.416 e. The molecule has 1 atom stereocenters. The molecule has 178 valence electrons. The normalized spacial score (nSPS) is 19.8. The Labute approximate surface area is 193 Å². The Morgan fingerprint density at radius 2 is 1.79 bits per heavy atom. The summed E-state index contributed by atoms with van der Waals surface area (Å²) < 4.78 is 44.5. The number of carbonyl (C=O) groups excluding carboxylic acids is 1. The first kappa shape index (κ1) is 23.8. The van der Waals surface area contributed by atoms with E-state index in [0.29, 0.717) is 18.1 Å². The molecule has 4 nitrogen and oxygen atoms in total. The Balaban J connectivity index is 1.30. The van der Waals surface area contributed by atoms with Crippen molar-refractivity contribution in [2.45, 2.75) is 43.9 Å². The van der Waals surface area contributed by atoms with Crippen LogP contribution in [0.15, 0.2) is 42.5 Å². The molecule has 0 aliphatic carbocycles. The summed E-state index contributed by atoms with van der Waals surface area (Å²) >= 11 is 0. The third kappa shape index (κ3) is 5.58. The molecule has 1 saturated heterocycles. The minimum Gasteiger partial charge on any atom is -0.373 e. The van der Waals surface area contributed by atoms with Gasteiger partial charge in [-0.2, -0.15) is 13.2 Å². The maximum atomic E-state index is 12.8. The summed E-state index contributed by atoms with van der Waals surface area (Å²) in [5.74, 6) is 0.319. The highest BCUT2D eigenvalue weighted by Gasteiger charge is 2.31. The molecule has 0 saturated carbocycles. The quantitative estimate of drug-likeness (QED) is 0.608. The Bertz CT molecular complexity index is 964. The Morgan fingerprint density at radius 1 is 1.09 bits per heavy atom. The number of ether oxygens (including phenoxy) is 1. The first-order chi connectivity index (χ1) is 15.7. The minimum atomic E-state index is -4.29. The number of carbonyl (C=O) groups is 1. The summed E-state index contributed by atoms with van der Waals surface area (Å²) in [6.07, 6.45) is -0.652. The van der Waals surface area contributed by atoms with Crippen molar-refractivity contribution >= 4 is 5.91 Å². The Hall–Kier alpha value is -2.38. The molecule has 0 unspecified atom stereocenters. The van der Waals surface area contributed by atoms with Gasteiger partial charge in [-0.05, 0) is 85.6 Å². The van der Waals surface area contributed by atoms with Gasteiger partial charge in [-0.25, -0.2) is 0 Å². The van der Waals surface area contributed by atoms with E-state index in [1.54, 1.807) is 31.1 Å².